The van der Waals surface area contributed by atoms with Crippen LogP contribution >= 0.6 is 0 Å². The lowest BCUT2D eigenvalue weighted by molar-refractivity contribution is -0.132. The van der Waals surface area contributed by atoms with E-state index in [4.69, 9.17) is 4.74 Å². The van der Waals surface area contributed by atoms with Gasteiger partial charge in [-0.15, -0.1) is 0 Å². The average Bonchev–Trinajstić information content (AvgIpc) is 2.77. The highest BCUT2D eigenvalue weighted by Gasteiger charge is 2.24. The van der Waals surface area contributed by atoms with Gasteiger partial charge in [-0.1, -0.05) is 18.2 Å². The Kier molecular flexibility index (Phi) is 6.75. The molecule has 2 aromatic carbocycles. The first-order valence-electron chi connectivity index (χ1n) is 9.95. The maximum Gasteiger partial charge on any atom is 0.254 e. The van der Waals surface area contributed by atoms with Gasteiger partial charge in [-0.3, -0.25) is 9.59 Å². The quantitative estimate of drug-likeness (QED) is 0.755. The first-order valence-corrected chi connectivity index (χ1v) is 9.95. The predicted molar refractivity (Wildman–Crippen MR) is 115 cm³/mol. The second-order valence-electron chi connectivity index (χ2n) is 7.47. The summed E-state index contributed by atoms with van der Waals surface area (Å²) in [5, 5.41) is 0. The van der Waals surface area contributed by atoms with Crippen molar-refractivity contribution in [2.45, 2.75) is 12.8 Å². The topological polar surface area (TPSA) is 53.1 Å². The van der Waals surface area contributed by atoms with E-state index in [2.05, 4.69) is 0 Å². The number of anilines is 1. The third-order valence-corrected chi connectivity index (χ3v) is 5.32. The number of hydrogen-bond donors (Lipinski definition) is 0. The fourth-order valence-corrected chi connectivity index (χ4v) is 3.46. The molecule has 1 aliphatic heterocycles. The Morgan fingerprint density at radius 3 is 2.24 bits per heavy atom. The number of ether oxygens (including phenoxy) is 1. The molecule has 0 atom stereocenters. The normalized spacial score (nSPS) is 13.9. The molecule has 2 amide bonds. The summed E-state index contributed by atoms with van der Waals surface area (Å²) in [7, 11) is 5.56. The maximum atomic E-state index is 12.8. The summed E-state index contributed by atoms with van der Waals surface area (Å²) in [5.41, 5.74) is 2.81. The van der Waals surface area contributed by atoms with Crippen molar-refractivity contribution < 1.29 is 14.3 Å². The smallest absolute Gasteiger partial charge is 0.254 e. The zero-order chi connectivity index (χ0) is 20.8. The molecule has 1 saturated heterocycles. The van der Waals surface area contributed by atoms with E-state index in [1.807, 2.05) is 77.3 Å². The Labute approximate surface area is 172 Å². The Balaban J connectivity index is 1.49. The molecule has 154 valence electrons. The van der Waals surface area contributed by atoms with Gasteiger partial charge in [-0.25, -0.2) is 0 Å². The van der Waals surface area contributed by atoms with Crippen molar-refractivity contribution in [1.29, 1.82) is 0 Å². The van der Waals surface area contributed by atoms with Gasteiger partial charge in [0.1, 0.15) is 5.75 Å². The van der Waals surface area contributed by atoms with Crippen molar-refractivity contribution in [3.63, 3.8) is 0 Å². The number of methoxy groups -OCH3 is 1. The van der Waals surface area contributed by atoms with E-state index in [1.54, 1.807) is 7.11 Å². The lowest BCUT2D eigenvalue weighted by Crippen LogP contribution is -2.50. The van der Waals surface area contributed by atoms with Crippen molar-refractivity contribution in [3.8, 4) is 5.75 Å². The molecule has 2 aromatic rings. The number of hydrogen-bond acceptors (Lipinski definition) is 4. The summed E-state index contributed by atoms with van der Waals surface area (Å²) in [4.78, 5) is 31.0. The molecule has 6 nitrogen and oxygen atoms in total. The van der Waals surface area contributed by atoms with Crippen LogP contribution in [0.25, 0.3) is 0 Å². The van der Waals surface area contributed by atoms with E-state index in [9.17, 15) is 9.59 Å². The molecule has 29 heavy (non-hydrogen) atoms. The molecule has 6 heteroatoms. The van der Waals surface area contributed by atoms with Gasteiger partial charge in [0.2, 0.25) is 5.91 Å². The number of aryl methyl sites for hydroxylation is 1. The maximum absolute atomic E-state index is 12.8. The number of rotatable bonds is 6. The Morgan fingerprint density at radius 2 is 1.62 bits per heavy atom. The number of amides is 2. The molecule has 0 bridgehead atoms. The molecule has 0 saturated carbocycles. The van der Waals surface area contributed by atoms with Crippen LogP contribution in [0.1, 0.15) is 22.3 Å². The molecular formula is C23H29N3O3. The summed E-state index contributed by atoms with van der Waals surface area (Å²) in [5.74, 6) is 0.985. The largest absolute Gasteiger partial charge is 0.497 e. The molecule has 0 aliphatic carbocycles. The minimum atomic E-state index is 0.0269. The fraction of sp³-hybridized carbons (Fsp3) is 0.391. The van der Waals surface area contributed by atoms with Crippen LogP contribution < -0.4 is 9.64 Å². The van der Waals surface area contributed by atoms with Crippen molar-refractivity contribution in [1.82, 2.24) is 9.80 Å². The van der Waals surface area contributed by atoms with Gasteiger partial charge in [0.05, 0.1) is 7.11 Å². The highest BCUT2D eigenvalue weighted by Crippen LogP contribution is 2.17. The molecule has 1 heterocycles. The third kappa shape index (κ3) is 5.28. The molecule has 0 aromatic heterocycles. The number of carbonyl (C=O) groups excluding carboxylic acids is 2. The zero-order valence-corrected chi connectivity index (χ0v) is 17.4. The second kappa shape index (κ2) is 9.45. The van der Waals surface area contributed by atoms with Crippen molar-refractivity contribution in [2.24, 2.45) is 0 Å². The summed E-state index contributed by atoms with van der Waals surface area (Å²) in [6.07, 6.45) is 1.18. The standard InChI is InChI=1S/C23H29N3O3/c1-24(2)20-6-4-5-19(17-20)23(28)26-15-13-25(14-16-26)22(27)12-9-18-7-10-21(29-3)11-8-18/h4-8,10-11,17H,9,12-16H2,1-3H3. The number of carbonyl (C=O) groups is 2. The first kappa shape index (κ1) is 20.7. The fourth-order valence-electron chi connectivity index (χ4n) is 3.46. The van der Waals surface area contributed by atoms with Gasteiger partial charge in [-0.05, 0) is 42.3 Å². The average molecular weight is 396 g/mol. The van der Waals surface area contributed by atoms with Crippen LogP contribution in [0.5, 0.6) is 5.75 Å². The molecule has 0 unspecified atom stereocenters. The van der Waals surface area contributed by atoms with E-state index in [0.29, 0.717) is 44.6 Å². The van der Waals surface area contributed by atoms with Crippen LogP contribution in [0.4, 0.5) is 5.69 Å². The molecule has 1 fully saturated rings. The van der Waals surface area contributed by atoms with E-state index >= 15 is 0 Å². The summed E-state index contributed by atoms with van der Waals surface area (Å²) < 4.78 is 5.16. The second-order valence-corrected chi connectivity index (χ2v) is 7.47. The highest BCUT2D eigenvalue weighted by molar-refractivity contribution is 5.95. The van der Waals surface area contributed by atoms with E-state index in [0.717, 1.165) is 17.0 Å². The van der Waals surface area contributed by atoms with Gasteiger partial charge in [-0.2, -0.15) is 0 Å². The monoisotopic (exact) mass is 395 g/mol. The van der Waals surface area contributed by atoms with Crippen LogP contribution in [-0.4, -0.2) is 69.0 Å². The van der Waals surface area contributed by atoms with Crippen molar-refractivity contribution in [3.05, 3.63) is 59.7 Å². The van der Waals surface area contributed by atoms with Gasteiger partial charge in [0, 0.05) is 57.9 Å². The minimum absolute atomic E-state index is 0.0269. The summed E-state index contributed by atoms with van der Waals surface area (Å²) >= 11 is 0. The summed E-state index contributed by atoms with van der Waals surface area (Å²) in [6.45, 7) is 2.31. The van der Waals surface area contributed by atoms with Gasteiger partial charge < -0.3 is 19.4 Å². The Morgan fingerprint density at radius 1 is 0.966 bits per heavy atom. The number of piperazine rings is 1. The van der Waals surface area contributed by atoms with Crippen LogP contribution in [0, 0.1) is 0 Å². The zero-order valence-electron chi connectivity index (χ0n) is 17.4. The lowest BCUT2D eigenvalue weighted by Gasteiger charge is -2.35. The van der Waals surface area contributed by atoms with Gasteiger partial charge in [0.15, 0.2) is 0 Å². The molecular weight excluding hydrogens is 366 g/mol. The summed E-state index contributed by atoms with van der Waals surface area (Å²) in [6, 6.07) is 15.5. The van der Waals surface area contributed by atoms with Gasteiger partial charge >= 0.3 is 0 Å². The van der Waals surface area contributed by atoms with Crippen LogP contribution in [0.3, 0.4) is 0 Å². The SMILES string of the molecule is COc1ccc(CCC(=O)N2CCN(C(=O)c3cccc(N(C)C)c3)CC2)cc1. The molecule has 1 aliphatic rings. The minimum Gasteiger partial charge on any atom is -0.497 e. The molecule has 0 spiro atoms. The number of benzene rings is 2. The Hall–Kier alpha value is -3.02. The molecule has 0 N–H and O–H groups in total. The van der Waals surface area contributed by atoms with E-state index < -0.39 is 0 Å². The van der Waals surface area contributed by atoms with E-state index in [1.165, 1.54) is 0 Å². The molecule has 3 rings (SSSR count). The van der Waals surface area contributed by atoms with Crippen LogP contribution in [0.2, 0.25) is 0 Å². The third-order valence-electron chi connectivity index (χ3n) is 5.32. The van der Waals surface area contributed by atoms with Gasteiger partial charge in [0.25, 0.3) is 5.91 Å². The van der Waals surface area contributed by atoms with Crippen LogP contribution in [0.15, 0.2) is 48.5 Å². The van der Waals surface area contributed by atoms with Crippen LogP contribution in [-0.2, 0) is 11.2 Å². The van der Waals surface area contributed by atoms with Crippen molar-refractivity contribution >= 4 is 17.5 Å². The van der Waals surface area contributed by atoms with Crippen molar-refractivity contribution in [2.75, 3.05) is 52.3 Å². The first-order chi connectivity index (χ1) is 14.0. The Bertz CT molecular complexity index is 841. The molecule has 0 radical (unpaired) electrons. The lowest BCUT2D eigenvalue weighted by atomic mass is 10.1. The van der Waals surface area contributed by atoms with E-state index in [-0.39, 0.29) is 11.8 Å². The number of nitrogens with zero attached hydrogens (tertiary/aromatic N) is 3. The predicted octanol–water partition coefficient (Wildman–Crippen LogP) is 2.68. The highest BCUT2D eigenvalue weighted by atomic mass is 16.5.